The quantitative estimate of drug-likeness (QED) is 0.303. The molecule has 0 saturated heterocycles. The topological polar surface area (TPSA) is 44.8 Å². The molecule has 0 spiro atoms. The zero-order chi connectivity index (χ0) is 22.7. The Morgan fingerprint density at radius 1 is 0.903 bits per heavy atom. The van der Waals surface area contributed by atoms with Gasteiger partial charge in [-0.25, -0.2) is 0 Å². The summed E-state index contributed by atoms with van der Waals surface area (Å²) in [5.41, 5.74) is 2.51. The summed E-state index contributed by atoms with van der Waals surface area (Å²) in [5.74, 6) is 0.953. The van der Waals surface area contributed by atoms with Crippen LogP contribution in [0.15, 0.2) is 60.7 Å². The largest absolute Gasteiger partial charge is 0.490 e. The van der Waals surface area contributed by atoms with Gasteiger partial charge in [0.15, 0.2) is 0 Å². The molecular formula is C25H30F2O4. The average Bonchev–Trinajstić information content (AvgIpc) is 2.73. The normalized spacial score (nSPS) is 11.0. The zero-order valence-corrected chi connectivity index (χ0v) is 18.3. The lowest BCUT2D eigenvalue weighted by molar-refractivity contribution is -0.144. The van der Waals surface area contributed by atoms with Crippen LogP contribution in [-0.2, 0) is 21.6 Å². The number of carbonyl (C=O) groups excluding carboxylic acids is 1. The Kier molecular flexibility index (Phi) is 9.50. The van der Waals surface area contributed by atoms with E-state index in [4.69, 9.17) is 14.2 Å². The lowest BCUT2D eigenvalue weighted by atomic mass is 9.87. The SMILES string of the molecule is CC(C)(C)c1ccc(COc2ccc(OCCOC(=O)CCCC=C(F)F)cc2)cc1. The molecule has 0 radical (unpaired) electrons. The highest BCUT2D eigenvalue weighted by molar-refractivity contribution is 5.69. The molecule has 0 aliphatic heterocycles. The molecule has 0 bridgehead atoms. The van der Waals surface area contributed by atoms with Gasteiger partial charge in [-0.3, -0.25) is 4.79 Å². The van der Waals surface area contributed by atoms with Crippen LogP contribution >= 0.6 is 0 Å². The van der Waals surface area contributed by atoms with E-state index in [-0.39, 0.29) is 31.5 Å². The van der Waals surface area contributed by atoms with Crippen molar-refractivity contribution in [3.05, 3.63) is 71.8 Å². The molecule has 0 aromatic heterocycles. The number of ether oxygens (including phenoxy) is 3. The fourth-order valence-corrected chi connectivity index (χ4v) is 2.74. The maximum absolute atomic E-state index is 11.9. The molecule has 4 nitrogen and oxygen atoms in total. The first kappa shape index (κ1) is 24.4. The Morgan fingerprint density at radius 3 is 2.10 bits per heavy atom. The molecule has 2 aromatic carbocycles. The minimum atomic E-state index is -1.73. The summed E-state index contributed by atoms with van der Waals surface area (Å²) in [6.45, 7) is 7.35. The van der Waals surface area contributed by atoms with Crippen molar-refractivity contribution < 1.29 is 27.8 Å². The minimum absolute atomic E-state index is 0.106. The molecule has 0 saturated carbocycles. The molecule has 0 aliphatic rings. The number of rotatable bonds is 11. The second kappa shape index (κ2) is 12.1. The Labute approximate surface area is 182 Å². The summed E-state index contributed by atoms with van der Waals surface area (Å²) in [7, 11) is 0. The number of unbranched alkanes of at least 4 members (excludes halogenated alkanes) is 1. The van der Waals surface area contributed by atoms with Gasteiger partial charge >= 0.3 is 5.97 Å². The van der Waals surface area contributed by atoms with Gasteiger partial charge in [-0.15, -0.1) is 0 Å². The molecule has 0 fully saturated rings. The maximum Gasteiger partial charge on any atom is 0.305 e. The van der Waals surface area contributed by atoms with Gasteiger partial charge in [-0.1, -0.05) is 45.0 Å². The van der Waals surface area contributed by atoms with Crippen LogP contribution in [0.5, 0.6) is 11.5 Å². The van der Waals surface area contributed by atoms with Crippen LogP contribution in [0.2, 0.25) is 0 Å². The summed E-state index contributed by atoms with van der Waals surface area (Å²) in [6, 6.07) is 15.6. The number of carbonyl (C=O) groups is 1. The van der Waals surface area contributed by atoms with E-state index in [1.165, 1.54) is 5.56 Å². The first-order valence-electron chi connectivity index (χ1n) is 10.4. The molecule has 0 heterocycles. The molecule has 2 rings (SSSR count). The number of hydrogen-bond acceptors (Lipinski definition) is 4. The van der Waals surface area contributed by atoms with Gasteiger partial charge in [0.05, 0.1) is 0 Å². The molecule has 0 N–H and O–H groups in total. The van der Waals surface area contributed by atoms with Gasteiger partial charge < -0.3 is 14.2 Å². The predicted octanol–water partition coefficient (Wildman–Crippen LogP) is 6.44. The Morgan fingerprint density at radius 2 is 1.52 bits per heavy atom. The smallest absolute Gasteiger partial charge is 0.305 e. The van der Waals surface area contributed by atoms with E-state index in [0.29, 0.717) is 18.8 Å². The van der Waals surface area contributed by atoms with Crippen molar-refractivity contribution in [2.75, 3.05) is 13.2 Å². The van der Waals surface area contributed by atoms with Gasteiger partial charge in [-0.2, -0.15) is 8.78 Å². The maximum atomic E-state index is 11.9. The fraction of sp³-hybridized carbons (Fsp3) is 0.400. The minimum Gasteiger partial charge on any atom is -0.490 e. The van der Waals surface area contributed by atoms with Crippen LogP contribution in [0.3, 0.4) is 0 Å². The average molecular weight is 433 g/mol. The van der Waals surface area contributed by atoms with Gasteiger partial charge in [0.2, 0.25) is 0 Å². The lowest BCUT2D eigenvalue weighted by Crippen LogP contribution is -2.12. The molecule has 31 heavy (non-hydrogen) atoms. The van der Waals surface area contributed by atoms with Crippen LogP contribution in [-0.4, -0.2) is 19.2 Å². The van der Waals surface area contributed by atoms with Crippen molar-refractivity contribution in [1.29, 1.82) is 0 Å². The highest BCUT2D eigenvalue weighted by Crippen LogP contribution is 2.23. The molecular weight excluding hydrogens is 402 g/mol. The van der Waals surface area contributed by atoms with E-state index >= 15 is 0 Å². The molecule has 6 heteroatoms. The summed E-state index contributed by atoms with van der Waals surface area (Å²) < 4.78 is 40.1. The molecule has 0 unspecified atom stereocenters. The second-order valence-corrected chi connectivity index (χ2v) is 8.16. The van der Waals surface area contributed by atoms with E-state index in [2.05, 4.69) is 45.0 Å². The van der Waals surface area contributed by atoms with Crippen molar-refractivity contribution in [2.24, 2.45) is 0 Å². The number of esters is 1. The van der Waals surface area contributed by atoms with Crippen molar-refractivity contribution in [3.63, 3.8) is 0 Å². The van der Waals surface area contributed by atoms with Gasteiger partial charge in [-0.05, 0) is 59.7 Å². The summed E-state index contributed by atoms with van der Waals surface area (Å²) in [4.78, 5) is 11.5. The van der Waals surface area contributed by atoms with Crippen LogP contribution < -0.4 is 9.47 Å². The Bertz CT molecular complexity index is 833. The number of halogens is 2. The third kappa shape index (κ3) is 9.64. The van der Waals surface area contributed by atoms with E-state index in [0.717, 1.165) is 17.4 Å². The predicted molar refractivity (Wildman–Crippen MR) is 117 cm³/mol. The summed E-state index contributed by atoms with van der Waals surface area (Å²) in [5, 5.41) is 0. The highest BCUT2D eigenvalue weighted by atomic mass is 19.3. The van der Waals surface area contributed by atoms with Crippen LogP contribution in [0.4, 0.5) is 8.78 Å². The van der Waals surface area contributed by atoms with Crippen LogP contribution in [0, 0.1) is 0 Å². The Hall–Kier alpha value is -2.89. The van der Waals surface area contributed by atoms with Gasteiger partial charge in [0.1, 0.15) is 31.3 Å². The summed E-state index contributed by atoms with van der Waals surface area (Å²) in [6.07, 6.45) is -0.335. The van der Waals surface area contributed by atoms with Gasteiger partial charge in [0, 0.05) is 6.42 Å². The van der Waals surface area contributed by atoms with Crippen molar-refractivity contribution in [1.82, 2.24) is 0 Å². The third-order valence-electron chi connectivity index (χ3n) is 4.55. The first-order valence-corrected chi connectivity index (χ1v) is 10.4. The highest BCUT2D eigenvalue weighted by Gasteiger charge is 2.12. The van der Waals surface area contributed by atoms with E-state index in [1.54, 1.807) is 12.1 Å². The van der Waals surface area contributed by atoms with E-state index in [9.17, 15) is 13.6 Å². The van der Waals surface area contributed by atoms with Gasteiger partial charge in [0.25, 0.3) is 6.08 Å². The summed E-state index contributed by atoms with van der Waals surface area (Å²) >= 11 is 0. The fourth-order valence-electron chi connectivity index (χ4n) is 2.74. The molecule has 168 valence electrons. The molecule has 0 aliphatic carbocycles. The van der Waals surface area contributed by atoms with Crippen molar-refractivity contribution in [2.45, 2.75) is 52.1 Å². The van der Waals surface area contributed by atoms with E-state index in [1.807, 2.05) is 12.1 Å². The van der Waals surface area contributed by atoms with Crippen LogP contribution in [0.1, 0.15) is 51.2 Å². The molecule has 2 aromatic rings. The number of allylic oxidation sites excluding steroid dienone is 1. The molecule has 0 amide bonds. The number of hydrogen-bond donors (Lipinski definition) is 0. The standard InChI is InChI=1S/C25H30F2O4/c1-25(2,3)20-10-8-19(9-11-20)18-31-22-14-12-21(13-15-22)29-16-17-30-24(28)7-5-4-6-23(26)27/h6,8-15H,4-5,7,16-18H2,1-3H3. The molecule has 0 atom stereocenters. The van der Waals surface area contributed by atoms with E-state index < -0.39 is 12.0 Å². The van der Waals surface area contributed by atoms with Crippen LogP contribution in [0.25, 0.3) is 0 Å². The monoisotopic (exact) mass is 432 g/mol. The second-order valence-electron chi connectivity index (χ2n) is 8.16. The number of benzene rings is 2. The lowest BCUT2D eigenvalue weighted by Gasteiger charge is -2.19. The zero-order valence-electron chi connectivity index (χ0n) is 18.3. The Balaban J connectivity index is 1.65. The first-order chi connectivity index (χ1) is 14.7. The third-order valence-corrected chi connectivity index (χ3v) is 4.55. The van der Waals surface area contributed by atoms with Crippen molar-refractivity contribution >= 4 is 5.97 Å². The van der Waals surface area contributed by atoms with Crippen molar-refractivity contribution in [3.8, 4) is 11.5 Å².